The van der Waals surface area contributed by atoms with E-state index in [1.807, 2.05) is 6.20 Å². The van der Waals surface area contributed by atoms with Gasteiger partial charge in [0.25, 0.3) is 0 Å². The summed E-state index contributed by atoms with van der Waals surface area (Å²) < 4.78 is 24.5. The van der Waals surface area contributed by atoms with E-state index in [0.717, 1.165) is 5.69 Å². The van der Waals surface area contributed by atoms with E-state index < -0.39 is 9.84 Å². The van der Waals surface area contributed by atoms with Crippen LogP contribution in [0.4, 0.5) is 0 Å². The highest BCUT2D eigenvalue weighted by Crippen LogP contribution is 2.23. The van der Waals surface area contributed by atoms with Crippen molar-refractivity contribution in [3.8, 4) is 0 Å². The highest BCUT2D eigenvalue weighted by Gasteiger charge is 2.33. The van der Waals surface area contributed by atoms with E-state index in [1.54, 1.807) is 11.7 Å². The maximum atomic E-state index is 11.4. The van der Waals surface area contributed by atoms with Crippen LogP contribution in [0, 0.1) is 5.92 Å². The first-order chi connectivity index (χ1) is 8.00. The van der Waals surface area contributed by atoms with Crippen molar-refractivity contribution in [3.05, 3.63) is 11.9 Å². The number of sulfone groups is 1. The molecule has 0 amide bonds. The van der Waals surface area contributed by atoms with E-state index in [4.69, 9.17) is 5.84 Å². The zero-order chi connectivity index (χ0) is 12.5. The molecule has 1 aliphatic rings. The van der Waals surface area contributed by atoms with Crippen molar-refractivity contribution in [1.82, 2.24) is 20.4 Å². The number of nitrogens with zero attached hydrogens (tertiary/aromatic N) is 3. The summed E-state index contributed by atoms with van der Waals surface area (Å²) in [6, 6.07) is -0.0658. The minimum Gasteiger partial charge on any atom is -0.271 e. The van der Waals surface area contributed by atoms with Crippen molar-refractivity contribution in [2.75, 3.05) is 11.5 Å². The Morgan fingerprint density at radius 3 is 2.94 bits per heavy atom. The van der Waals surface area contributed by atoms with Crippen molar-refractivity contribution < 1.29 is 8.42 Å². The van der Waals surface area contributed by atoms with Gasteiger partial charge in [0, 0.05) is 25.7 Å². The molecule has 2 heterocycles. The van der Waals surface area contributed by atoms with Crippen LogP contribution in [0.1, 0.15) is 12.1 Å². The van der Waals surface area contributed by atoms with Crippen LogP contribution >= 0.6 is 0 Å². The fraction of sp³-hybridized carbons (Fsp3) is 0.778. The Balaban J connectivity index is 2.02. The predicted octanol–water partition coefficient (Wildman–Crippen LogP) is -1.38. The second-order valence-electron chi connectivity index (χ2n) is 4.52. The molecule has 0 spiro atoms. The summed E-state index contributed by atoms with van der Waals surface area (Å²) in [5, 5.41) is 7.82. The molecule has 1 aromatic rings. The van der Waals surface area contributed by atoms with Crippen LogP contribution in [0.15, 0.2) is 6.20 Å². The summed E-state index contributed by atoms with van der Waals surface area (Å²) in [6.45, 7) is 0. The Morgan fingerprint density at radius 1 is 1.71 bits per heavy atom. The zero-order valence-corrected chi connectivity index (χ0v) is 10.5. The third kappa shape index (κ3) is 3.02. The molecule has 1 aliphatic heterocycles. The van der Waals surface area contributed by atoms with Crippen LogP contribution in [0.25, 0.3) is 0 Å². The fourth-order valence-corrected chi connectivity index (χ4v) is 4.10. The summed E-state index contributed by atoms with van der Waals surface area (Å²) in [6.07, 6.45) is 3.08. The molecule has 96 valence electrons. The highest BCUT2D eigenvalue weighted by atomic mass is 32.2. The van der Waals surface area contributed by atoms with Crippen LogP contribution in [0.5, 0.6) is 0 Å². The number of nitrogens with two attached hydrogens (primary N) is 1. The number of aryl methyl sites for hydroxylation is 1. The van der Waals surface area contributed by atoms with Gasteiger partial charge in [-0.1, -0.05) is 5.21 Å². The second-order valence-corrected chi connectivity index (χ2v) is 6.75. The smallest absolute Gasteiger partial charge is 0.150 e. The molecule has 0 aromatic carbocycles. The number of rotatable bonds is 4. The molecule has 8 heteroatoms. The van der Waals surface area contributed by atoms with Gasteiger partial charge in [-0.2, -0.15) is 0 Å². The lowest BCUT2D eigenvalue weighted by molar-refractivity contribution is 0.382. The minimum atomic E-state index is -2.87. The Hall–Kier alpha value is -0.990. The van der Waals surface area contributed by atoms with Crippen LogP contribution < -0.4 is 11.3 Å². The molecular formula is C9H17N5O2S. The van der Waals surface area contributed by atoms with Gasteiger partial charge in [0.2, 0.25) is 0 Å². The summed E-state index contributed by atoms with van der Waals surface area (Å²) >= 11 is 0. The van der Waals surface area contributed by atoms with Crippen LogP contribution in [-0.2, 0) is 23.3 Å². The fourth-order valence-electron chi connectivity index (χ4n) is 2.22. The molecule has 0 bridgehead atoms. The lowest BCUT2D eigenvalue weighted by atomic mass is 9.96. The third-order valence-electron chi connectivity index (χ3n) is 3.13. The van der Waals surface area contributed by atoms with E-state index >= 15 is 0 Å². The van der Waals surface area contributed by atoms with Crippen molar-refractivity contribution in [1.29, 1.82) is 0 Å². The summed E-state index contributed by atoms with van der Waals surface area (Å²) in [7, 11) is -1.08. The topological polar surface area (TPSA) is 103 Å². The summed E-state index contributed by atoms with van der Waals surface area (Å²) in [5.74, 6) is 6.03. The second kappa shape index (κ2) is 4.71. The van der Waals surface area contributed by atoms with Crippen LogP contribution in [-0.4, -0.2) is 41.0 Å². The molecule has 1 saturated heterocycles. The summed E-state index contributed by atoms with van der Waals surface area (Å²) in [5.41, 5.74) is 3.52. The van der Waals surface area contributed by atoms with Gasteiger partial charge in [-0.15, -0.1) is 5.10 Å². The molecule has 1 fully saturated rings. The summed E-state index contributed by atoms with van der Waals surface area (Å²) in [4.78, 5) is 0. The van der Waals surface area contributed by atoms with Gasteiger partial charge >= 0.3 is 0 Å². The van der Waals surface area contributed by atoms with Gasteiger partial charge in [0.1, 0.15) is 0 Å². The molecule has 1 aromatic heterocycles. The predicted molar refractivity (Wildman–Crippen MR) is 62.6 cm³/mol. The molecule has 0 aliphatic carbocycles. The van der Waals surface area contributed by atoms with Gasteiger partial charge in [-0.25, -0.2) is 8.42 Å². The lowest BCUT2D eigenvalue weighted by Gasteiger charge is -2.20. The molecule has 3 N–H and O–H groups in total. The molecule has 2 atom stereocenters. The lowest BCUT2D eigenvalue weighted by Crippen LogP contribution is -2.43. The molecule has 2 rings (SSSR count). The molecule has 17 heavy (non-hydrogen) atoms. The SMILES string of the molecule is Cn1cc(CC(NN)C2CCS(=O)(=O)C2)nn1. The molecule has 0 saturated carbocycles. The van der Waals surface area contributed by atoms with Crippen LogP contribution in [0.3, 0.4) is 0 Å². The van der Waals surface area contributed by atoms with Gasteiger partial charge in [0.05, 0.1) is 17.2 Å². The van der Waals surface area contributed by atoms with E-state index in [2.05, 4.69) is 15.7 Å². The minimum absolute atomic E-state index is 0.0620. The maximum absolute atomic E-state index is 11.4. The highest BCUT2D eigenvalue weighted by molar-refractivity contribution is 7.91. The number of aromatic nitrogens is 3. The van der Waals surface area contributed by atoms with Crippen molar-refractivity contribution in [2.24, 2.45) is 18.8 Å². The van der Waals surface area contributed by atoms with Gasteiger partial charge < -0.3 is 0 Å². The number of nitrogens with one attached hydrogen (secondary N) is 1. The Bertz CT molecular complexity index is 483. The molecular weight excluding hydrogens is 242 g/mol. The van der Waals surface area contributed by atoms with Crippen molar-refractivity contribution >= 4 is 9.84 Å². The Kier molecular flexibility index (Phi) is 3.45. The first-order valence-corrected chi connectivity index (χ1v) is 7.34. The normalized spacial score (nSPS) is 24.9. The number of hydrogen-bond donors (Lipinski definition) is 2. The molecule has 0 radical (unpaired) electrons. The molecule has 2 unspecified atom stereocenters. The number of hydrazine groups is 1. The van der Waals surface area contributed by atoms with Crippen LogP contribution in [0.2, 0.25) is 0 Å². The van der Waals surface area contributed by atoms with Crippen molar-refractivity contribution in [2.45, 2.75) is 18.9 Å². The van der Waals surface area contributed by atoms with Gasteiger partial charge in [-0.3, -0.25) is 16.0 Å². The largest absolute Gasteiger partial charge is 0.271 e. The quantitative estimate of drug-likeness (QED) is 0.510. The van der Waals surface area contributed by atoms with Gasteiger partial charge in [-0.05, 0) is 12.3 Å². The maximum Gasteiger partial charge on any atom is 0.150 e. The Labute approximate surface area is 100 Å². The van der Waals surface area contributed by atoms with E-state index in [0.29, 0.717) is 12.8 Å². The number of hydrogen-bond acceptors (Lipinski definition) is 6. The molecule has 7 nitrogen and oxygen atoms in total. The standard InChI is InChI=1S/C9H17N5O2S/c1-14-5-8(12-13-14)4-9(11-10)7-2-3-17(15,16)6-7/h5,7,9,11H,2-4,6,10H2,1H3. The van der Waals surface area contributed by atoms with E-state index in [1.165, 1.54) is 0 Å². The monoisotopic (exact) mass is 259 g/mol. The van der Waals surface area contributed by atoms with E-state index in [9.17, 15) is 8.42 Å². The first kappa shape index (κ1) is 12.5. The van der Waals surface area contributed by atoms with E-state index in [-0.39, 0.29) is 23.5 Å². The average molecular weight is 259 g/mol. The first-order valence-electron chi connectivity index (χ1n) is 5.52. The van der Waals surface area contributed by atoms with Crippen molar-refractivity contribution in [3.63, 3.8) is 0 Å². The Morgan fingerprint density at radius 2 is 2.47 bits per heavy atom. The van der Waals surface area contributed by atoms with Gasteiger partial charge in [0.15, 0.2) is 9.84 Å². The average Bonchev–Trinajstić information content (AvgIpc) is 2.81. The zero-order valence-electron chi connectivity index (χ0n) is 9.70. The third-order valence-corrected chi connectivity index (χ3v) is 4.92.